The van der Waals surface area contributed by atoms with Crippen LogP contribution in [-0.4, -0.2) is 24.6 Å². The van der Waals surface area contributed by atoms with Crippen molar-refractivity contribution in [2.24, 2.45) is 5.10 Å². The topological polar surface area (TPSA) is 89.0 Å². The number of amides is 2. The molecule has 3 aromatic rings. The summed E-state index contributed by atoms with van der Waals surface area (Å²) in [5.74, 6) is -0.935. The third-order valence-corrected chi connectivity index (χ3v) is 5.80. The average molecular weight is 600 g/mol. The maximum atomic E-state index is 12.1. The van der Waals surface area contributed by atoms with Crippen LogP contribution in [0.1, 0.15) is 18.1 Å². The molecule has 35 heavy (non-hydrogen) atoms. The van der Waals surface area contributed by atoms with E-state index in [-0.39, 0.29) is 10.7 Å². The fourth-order valence-electron chi connectivity index (χ4n) is 2.79. The van der Waals surface area contributed by atoms with Gasteiger partial charge in [0, 0.05) is 10.0 Å². The number of rotatable bonds is 8. The van der Waals surface area contributed by atoms with Gasteiger partial charge in [-0.25, -0.2) is 5.43 Å². The monoisotopic (exact) mass is 597 g/mol. The van der Waals surface area contributed by atoms with Gasteiger partial charge in [-0.05, 0) is 76.4 Å². The minimum Gasteiger partial charge on any atom is -0.490 e. The Balaban J connectivity index is 1.66. The summed E-state index contributed by atoms with van der Waals surface area (Å²) in [6.07, 6.45) is 1.37. The minimum absolute atomic E-state index is 0.211. The van der Waals surface area contributed by atoms with Crippen LogP contribution in [0.25, 0.3) is 0 Å². The lowest BCUT2D eigenvalue weighted by Gasteiger charge is -2.14. The number of hydrazone groups is 1. The number of nitrogens with one attached hydrogen (secondary N) is 2. The van der Waals surface area contributed by atoms with E-state index >= 15 is 0 Å². The van der Waals surface area contributed by atoms with E-state index in [4.69, 9.17) is 44.3 Å². The first-order valence-electron chi connectivity index (χ1n) is 10.2. The Morgan fingerprint density at radius 2 is 1.69 bits per heavy atom. The van der Waals surface area contributed by atoms with Crippen LogP contribution in [0.3, 0.4) is 0 Å². The fraction of sp³-hybridized carbons (Fsp3) is 0.125. The predicted molar refractivity (Wildman–Crippen MR) is 142 cm³/mol. The number of hydrogen-bond donors (Lipinski definition) is 2. The van der Waals surface area contributed by atoms with Crippen LogP contribution in [0.4, 0.5) is 5.69 Å². The van der Waals surface area contributed by atoms with Gasteiger partial charge in [0.15, 0.2) is 11.5 Å². The van der Waals surface area contributed by atoms with Gasteiger partial charge >= 0.3 is 11.8 Å². The van der Waals surface area contributed by atoms with Gasteiger partial charge < -0.3 is 14.8 Å². The molecule has 0 heterocycles. The molecule has 11 heteroatoms. The molecule has 7 nitrogen and oxygen atoms in total. The number of carbonyl (C=O) groups excluding carboxylic acids is 2. The molecule has 0 aliphatic carbocycles. The maximum absolute atomic E-state index is 12.1. The number of halogens is 4. The Kier molecular flexibility index (Phi) is 9.80. The number of benzene rings is 3. The highest BCUT2D eigenvalue weighted by atomic mass is 79.9. The lowest BCUT2D eigenvalue weighted by molar-refractivity contribution is -0.136. The lowest BCUT2D eigenvalue weighted by Crippen LogP contribution is -2.32. The van der Waals surface area contributed by atoms with E-state index in [2.05, 4.69) is 31.8 Å². The lowest BCUT2D eigenvalue weighted by atomic mass is 10.2. The van der Waals surface area contributed by atoms with Crippen molar-refractivity contribution < 1.29 is 19.1 Å². The van der Waals surface area contributed by atoms with Gasteiger partial charge in [-0.2, -0.15) is 5.10 Å². The van der Waals surface area contributed by atoms with Gasteiger partial charge in [0.2, 0.25) is 0 Å². The van der Waals surface area contributed by atoms with E-state index in [0.29, 0.717) is 44.8 Å². The molecule has 0 saturated heterocycles. The Morgan fingerprint density at radius 3 is 2.40 bits per heavy atom. The van der Waals surface area contributed by atoms with Crippen LogP contribution in [0.5, 0.6) is 11.5 Å². The van der Waals surface area contributed by atoms with Crippen LogP contribution < -0.4 is 20.2 Å². The first-order valence-corrected chi connectivity index (χ1v) is 12.1. The second-order valence-corrected chi connectivity index (χ2v) is 9.09. The van der Waals surface area contributed by atoms with Crippen molar-refractivity contribution in [2.45, 2.75) is 13.5 Å². The van der Waals surface area contributed by atoms with Crippen molar-refractivity contribution in [1.29, 1.82) is 0 Å². The second kappa shape index (κ2) is 12.8. The van der Waals surface area contributed by atoms with E-state index in [9.17, 15) is 9.59 Å². The quantitative estimate of drug-likeness (QED) is 0.176. The number of carbonyl (C=O) groups is 2. The van der Waals surface area contributed by atoms with Crippen LogP contribution in [0, 0.1) is 0 Å². The summed E-state index contributed by atoms with van der Waals surface area (Å²) in [6, 6.07) is 15.3. The highest BCUT2D eigenvalue weighted by molar-refractivity contribution is 9.10. The molecule has 2 N–H and O–H groups in total. The Hall–Kier alpha value is -2.78. The Morgan fingerprint density at radius 1 is 0.971 bits per heavy atom. The van der Waals surface area contributed by atoms with Gasteiger partial charge in [-0.3, -0.25) is 9.59 Å². The molecule has 0 aliphatic rings. The van der Waals surface area contributed by atoms with Crippen LogP contribution >= 0.6 is 50.7 Å². The Labute approximate surface area is 225 Å². The van der Waals surface area contributed by atoms with Gasteiger partial charge in [0.25, 0.3) is 0 Å². The summed E-state index contributed by atoms with van der Waals surface area (Å²) in [4.78, 5) is 24.2. The van der Waals surface area contributed by atoms with Gasteiger partial charge in [0.1, 0.15) is 6.61 Å². The zero-order valence-corrected chi connectivity index (χ0v) is 22.1. The number of ether oxygens (including phenoxy) is 2. The SMILES string of the molecule is CCOc1cc(C=NNC(=O)C(=O)Nc2cc(Cl)ccc2Cl)cc(Br)c1OCc1ccc(Cl)cc1. The van der Waals surface area contributed by atoms with Crippen molar-refractivity contribution in [1.82, 2.24) is 5.43 Å². The third kappa shape index (κ3) is 7.86. The van der Waals surface area contributed by atoms with E-state index in [0.717, 1.165) is 5.56 Å². The summed E-state index contributed by atoms with van der Waals surface area (Å²) in [5.41, 5.74) is 3.91. The predicted octanol–water partition coefficient (Wildman–Crippen LogP) is 6.48. The molecule has 0 atom stereocenters. The summed E-state index contributed by atoms with van der Waals surface area (Å²) in [5, 5.41) is 7.47. The molecule has 182 valence electrons. The third-order valence-electron chi connectivity index (χ3n) is 4.39. The molecular formula is C24H19BrCl3N3O4. The second-order valence-electron chi connectivity index (χ2n) is 6.96. The standard InChI is InChI=1S/C24H19BrCl3N3O4/c1-2-34-21-10-15(9-18(25)22(21)35-13-14-3-5-16(26)6-4-14)12-29-31-24(33)23(32)30-20-11-17(27)7-8-19(20)28/h3-12H,2,13H2,1H3,(H,30,32)(H,31,33). The van der Waals surface area contributed by atoms with Gasteiger partial charge in [0.05, 0.1) is 28.0 Å². The molecule has 0 radical (unpaired) electrons. The van der Waals surface area contributed by atoms with E-state index in [1.807, 2.05) is 19.1 Å². The van der Waals surface area contributed by atoms with E-state index in [1.165, 1.54) is 18.3 Å². The maximum Gasteiger partial charge on any atom is 0.329 e. The first-order chi connectivity index (χ1) is 16.8. The van der Waals surface area contributed by atoms with Crippen molar-refractivity contribution in [3.63, 3.8) is 0 Å². The van der Waals surface area contributed by atoms with Gasteiger partial charge in [-0.15, -0.1) is 0 Å². The molecular weight excluding hydrogens is 581 g/mol. The Bertz CT molecular complexity index is 1250. The normalized spacial score (nSPS) is 10.8. The van der Waals surface area contributed by atoms with E-state index < -0.39 is 11.8 Å². The zero-order chi connectivity index (χ0) is 25.4. The van der Waals surface area contributed by atoms with Crippen molar-refractivity contribution in [3.8, 4) is 11.5 Å². The molecule has 0 spiro atoms. The smallest absolute Gasteiger partial charge is 0.329 e. The van der Waals surface area contributed by atoms with Crippen LogP contribution in [0.2, 0.25) is 15.1 Å². The summed E-state index contributed by atoms with van der Waals surface area (Å²) in [7, 11) is 0. The highest BCUT2D eigenvalue weighted by Crippen LogP contribution is 2.37. The molecule has 0 aliphatic heterocycles. The number of nitrogens with zero attached hydrogens (tertiary/aromatic N) is 1. The van der Waals surface area contributed by atoms with Gasteiger partial charge in [-0.1, -0.05) is 46.9 Å². The number of hydrogen-bond acceptors (Lipinski definition) is 5. The molecule has 3 aromatic carbocycles. The molecule has 0 aromatic heterocycles. The summed E-state index contributed by atoms with van der Waals surface area (Å²) < 4.78 is 12.3. The average Bonchev–Trinajstić information content (AvgIpc) is 2.82. The van der Waals surface area contributed by atoms with Crippen molar-refractivity contribution >= 4 is 74.4 Å². The zero-order valence-electron chi connectivity index (χ0n) is 18.3. The number of anilines is 1. The van der Waals surface area contributed by atoms with Crippen molar-refractivity contribution in [2.75, 3.05) is 11.9 Å². The molecule has 0 saturated carbocycles. The molecule has 2 amide bonds. The summed E-state index contributed by atoms with van der Waals surface area (Å²) in [6.45, 7) is 2.57. The summed E-state index contributed by atoms with van der Waals surface area (Å²) >= 11 is 21.3. The molecule has 3 rings (SSSR count). The highest BCUT2D eigenvalue weighted by Gasteiger charge is 2.15. The fourth-order valence-corrected chi connectivity index (χ4v) is 3.83. The van der Waals surface area contributed by atoms with Crippen LogP contribution in [-0.2, 0) is 16.2 Å². The van der Waals surface area contributed by atoms with Crippen molar-refractivity contribution in [3.05, 3.63) is 85.3 Å². The van der Waals surface area contributed by atoms with E-state index in [1.54, 1.807) is 30.3 Å². The van der Waals surface area contributed by atoms with Crippen LogP contribution in [0.15, 0.2) is 64.2 Å². The first kappa shape index (κ1) is 26.8. The largest absolute Gasteiger partial charge is 0.490 e. The molecule has 0 fully saturated rings. The molecule has 0 bridgehead atoms. The minimum atomic E-state index is -0.982. The molecule has 0 unspecified atom stereocenters.